The van der Waals surface area contributed by atoms with Crippen LogP contribution >= 0.6 is 0 Å². The maximum Gasteiger partial charge on any atom is 0.357 e. The molecule has 1 unspecified atom stereocenters. The predicted octanol–water partition coefficient (Wildman–Crippen LogP) is 2.70. The molecule has 114 valence electrons. The van der Waals surface area contributed by atoms with Crippen LogP contribution in [0.1, 0.15) is 55.4 Å². The van der Waals surface area contributed by atoms with Crippen LogP contribution < -0.4 is 5.73 Å². The molecule has 1 aromatic heterocycles. The molecule has 1 spiro atoms. The fourth-order valence-electron chi connectivity index (χ4n) is 3.37. The minimum absolute atomic E-state index is 0.0595. The minimum Gasteiger partial charge on any atom is -0.457 e. The van der Waals surface area contributed by atoms with Crippen LogP contribution in [-0.2, 0) is 9.47 Å². The van der Waals surface area contributed by atoms with Crippen LogP contribution in [0.2, 0.25) is 0 Å². The monoisotopic (exact) mass is 290 g/mol. The van der Waals surface area contributed by atoms with E-state index in [1.165, 1.54) is 25.5 Å². The lowest BCUT2D eigenvalue weighted by Crippen LogP contribution is -2.44. The number of carbonyl (C=O) groups excluding carboxylic acids is 1. The van der Waals surface area contributed by atoms with Crippen molar-refractivity contribution in [1.82, 2.24) is 4.98 Å². The number of nitrogens with zero attached hydrogens (tertiary/aromatic N) is 1. The Hall–Kier alpha value is -1.62. The zero-order valence-corrected chi connectivity index (χ0v) is 12.2. The molecule has 5 heteroatoms. The van der Waals surface area contributed by atoms with Gasteiger partial charge in [0.1, 0.15) is 11.8 Å². The van der Waals surface area contributed by atoms with Crippen LogP contribution in [0.5, 0.6) is 0 Å². The molecule has 1 saturated carbocycles. The first-order valence-corrected chi connectivity index (χ1v) is 7.73. The summed E-state index contributed by atoms with van der Waals surface area (Å²) in [6, 6.07) is 3.27. The Morgan fingerprint density at radius 2 is 2.14 bits per heavy atom. The lowest BCUT2D eigenvalue weighted by Gasteiger charge is -2.43. The number of hydrogen-bond donors (Lipinski definition) is 1. The molecular weight excluding hydrogens is 268 g/mol. The van der Waals surface area contributed by atoms with Crippen LogP contribution in [-0.4, -0.2) is 29.3 Å². The van der Waals surface area contributed by atoms with E-state index < -0.39 is 0 Å². The van der Waals surface area contributed by atoms with Gasteiger partial charge >= 0.3 is 5.97 Å². The molecule has 2 aliphatic rings. The summed E-state index contributed by atoms with van der Waals surface area (Å²) in [6.07, 6.45) is 8.86. The first-order valence-electron chi connectivity index (χ1n) is 7.73. The highest BCUT2D eigenvalue weighted by atomic mass is 16.6. The van der Waals surface area contributed by atoms with Crippen molar-refractivity contribution in [3.05, 3.63) is 24.0 Å². The van der Waals surface area contributed by atoms with E-state index in [1.54, 1.807) is 12.1 Å². The Morgan fingerprint density at radius 1 is 1.33 bits per heavy atom. The van der Waals surface area contributed by atoms with Gasteiger partial charge in [-0.25, -0.2) is 9.78 Å². The number of ether oxygens (including phenoxy) is 2. The Kier molecular flexibility index (Phi) is 4.10. The van der Waals surface area contributed by atoms with Gasteiger partial charge in [-0.15, -0.1) is 0 Å². The number of nitrogen functional groups attached to an aromatic ring is 1. The van der Waals surface area contributed by atoms with Gasteiger partial charge in [0.05, 0.1) is 24.1 Å². The van der Waals surface area contributed by atoms with Gasteiger partial charge in [0.25, 0.3) is 0 Å². The summed E-state index contributed by atoms with van der Waals surface area (Å²) in [5.41, 5.74) is 6.37. The van der Waals surface area contributed by atoms with E-state index >= 15 is 0 Å². The smallest absolute Gasteiger partial charge is 0.357 e. The van der Waals surface area contributed by atoms with Gasteiger partial charge in [0, 0.05) is 12.8 Å². The number of carbonyl (C=O) groups is 1. The van der Waals surface area contributed by atoms with Gasteiger partial charge in [0.15, 0.2) is 0 Å². The summed E-state index contributed by atoms with van der Waals surface area (Å²) in [7, 11) is 0. The topological polar surface area (TPSA) is 74.4 Å². The summed E-state index contributed by atoms with van der Waals surface area (Å²) < 4.78 is 11.6. The SMILES string of the molecule is Nc1ccc(C(=O)OC2CCOC3(CCCCC3)C2)nc1. The van der Waals surface area contributed by atoms with E-state index in [4.69, 9.17) is 15.2 Å². The van der Waals surface area contributed by atoms with Crippen LogP contribution in [0.25, 0.3) is 0 Å². The van der Waals surface area contributed by atoms with E-state index in [0.29, 0.717) is 18.0 Å². The van der Waals surface area contributed by atoms with Crippen LogP contribution in [0.3, 0.4) is 0 Å². The Morgan fingerprint density at radius 3 is 2.86 bits per heavy atom. The van der Waals surface area contributed by atoms with Crippen LogP contribution in [0.4, 0.5) is 5.69 Å². The minimum atomic E-state index is -0.368. The van der Waals surface area contributed by atoms with Crippen molar-refractivity contribution in [2.24, 2.45) is 0 Å². The number of nitrogens with two attached hydrogens (primary N) is 1. The molecule has 2 fully saturated rings. The molecular formula is C16H22N2O3. The third-order valence-corrected chi connectivity index (χ3v) is 4.48. The third kappa shape index (κ3) is 3.35. The van der Waals surface area contributed by atoms with Gasteiger partial charge in [-0.2, -0.15) is 0 Å². The molecule has 2 N–H and O–H groups in total. The van der Waals surface area contributed by atoms with Gasteiger partial charge in [-0.05, 0) is 25.0 Å². The van der Waals surface area contributed by atoms with Crippen LogP contribution in [0, 0.1) is 0 Å². The molecule has 0 radical (unpaired) electrons. The molecule has 21 heavy (non-hydrogen) atoms. The molecule has 3 rings (SSSR count). The average molecular weight is 290 g/mol. The number of aromatic nitrogens is 1. The van der Waals surface area contributed by atoms with Crippen molar-refractivity contribution in [2.75, 3.05) is 12.3 Å². The average Bonchev–Trinajstić information content (AvgIpc) is 2.49. The normalized spacial score (nSPS) is 24.7. The van der Waals surface area contributed by atoms with Crippen molar-refractivity contribution in [1.29, 1.82) is 0 Å². The van der Waals surface area contributed by atoms with Gasteiger partial charge < -0.3 is 15.2 Å². The van der Waals surface area contributed by atoms with E-state index in [2.05, 4.69) is 4.98 Å². The largest absolute Gasteiger partial charge is 0.457 e. The number of rotatable bonds is 2. The maximum atomic E-state index is 12.1. The van der Waals surface area contributed by atoms with E-state index in [9.17, 15) is 4.79 Å². The summed E-state index contributed by atoms with van der Waals surface area (Å²) in [4.78, 5) is 16.1. The highest BCUT2D eigenvalue weighted by Gasteiger charge is 2.39. The van der Waals surface area contributed by atoms with Crippen molar-refractivity contribution in [3.8, 4) is 0 Å². The number of anilines is 1. The molecule has 0 aromatic carbocycles. The van der Waals surface area contributed by atoms with Crippen molar-refractivity contribution >= 4 is 11.7 Å². The molecule has 1 aliphatic heterocycles. The highest BCUT2D eigenvalue weighted by molar-refractivity contribution is 5.87. The number of hydrogen-bond acceptors (Lipinski definition) is 5. The fourth-order valence-corrected chi connectivity index (χ4v) is 3.37. The Labute approximate surface area is 124 Å². The quantitative estimate of drug-likeness (QED) is 0.848. The van der Waals surface area contributed by atoms with Gasteiger partial charge in [0.2, 0.25) is 0 Å². The Bertz CT molecular complexity index is 489. The number of esters is 1. The zero-order chi connectivity index (χ0) is 14.7. The molecule has 0 bridgehead atoms. The van der Waals surface area contributed by atoms with Gasteiger partial charge in [-0.3, -0.25) is 0 Å². The van der Waals surface area contributed by atoms with E-state index in [1.807, 2.05) is 0 Å². The van der Waals surface area contributed by atoms with E-state index in [-0.39, 0.29) is 17.7 Å². The maximum absolute atomic E-state index is 12.1. The molecule has 1 saturated heterocycles. The third-order valence-electron chi connectivity index (χ3n) is 4.48. The Balaban J connectivity index is 1.61. The fraction of sp³-hybridized carbons (Fsp3) is 0.625. The van der Waals surface area contributed by atoms with Crippen molar-refractivity contribution < 1.29 is 14.3 Å². The molecule has 0 amide bonds. The standard InChI is InChI=1S/C16H22N2O3/c17-12-4-5-14(18-11-12)15(19)21-13-6-9-20-16(10-13)7-2-1-3-8-16/h4-5,11,13H,1-3,6-10,17H2. The van der Waals surface area contributed by atoms with E-state index in [0.717, 1.165) is 25.7 Å². The summed E-state index contributed by atoms with van der Waals surface area (Å²) >= 11 is 0. The molecule has 1 aromatic rings. The molecule has 2 heterocycles. The zero-order valence-electron chi connectivity index (χ0n) is 12.2. The van der Waals surface area contributed by atoms with Crippen molar-refractivity contribution in [3.63, 3.8) is 0 Å². The molecule has 1 atom stereocenters. The highest BCUT2D eigenvalue weighted by Crippen LogP contribution is 2.39. The second-order valence-electron chi connectivity index (χ2n) is 6.09. The summed E-state index contributed by atoms with van der Waals surface area (Å²) in [5.74, 6) is -0.368. The first kappa shape index (κ1) is 14.3. The molecule has 5 nitrogen and oxygen atoms in total. The van der Waals surface area contributed by atoms with Gasteiger partial charge in [-0.1, -0.05) is 19.3 Å². The second kappa shape index (κ2) is 6.02. The first-order chi connectivity index (χ1) is 10.2. The lowest BCUT2D eigenvalue weighted by atomic mass is 9.79. The predicted molar refractivity (Wildman–Crippen MR) is 78.9 cm³/mol. The number of pyridine rings is 1. The summed E-state index contributed by atoms with van der Waals surface area (Å²) in [5, 5.41) is 0. The molecule has 1 aliphatic carbocycles. The van der Waals surface area contributed by atoms with Crippen molar-refractivity contribution in [2.45, 2.75) is 56.7 Å². The summed E-state index contributed by atoms with van der Waals surface area (Å²) in [6.45, 7) is 0.674. The second-order valence-corrected chi connectivity index (χ2v) is 6.09. The van der Waals surface area contributed by atoms with Crippen LogP contribution in [0.15, 0.2) is 18.3 Å². The lowest BCUT2D eigenvalue weighted by molar-refractivity contribution is -0.136.